The molecule has 0 aromatic carbocycles. The van der Waals surface area contributed by atoms with Crippen LogP contribution < -0.4 is 15.3 Å². The van der Waals surface area contributed by atoms with Crippen LogP contribution in [0.4, 0.5) is 0 Å². The third-order valence-corrected chi connectivity index (χ3v) is 5.20. The van der Waals surface area contributed by atoms with Gasteiger partial charge in [-0.2, -0.15) is 0 Å². The molecule has 0 aromatic heterocycles. The van der Waals surface area contributed by atoms with Crippen molar-refractivity contribution in [1.82, 2.24) is 0 Å². The van der Waals surface area contributed by atoms with Crippen molar-refractivity contribution in [3.05, 3.63) is 0 Å². The van der Waals surface area contributed by atoms with Crippen LogP contribution >= 0.6 is 0 Å². The minimum absolute atomic E-state index is 0. The molecule has 31 heavy (non-hydrogen) atoms. The molecule has 0 saturated carbocycles. The molecule has 0 bridgehead atoms. The van der Waals surface area contributed by atoms with Gasteiger partial charge in [-0.1, -0.05) is 80.1 Å². The molecule has 0 N–H and O–H groups in total. The number of carbonyl (C=O) groups excluding carboxylic acids is 3. The predicted octanol–water partition coefficient (Wildman–Crippen LogP) is 1.41. The second-order valence-corrected chi connectivity index (χ2v) is 7.70. The third kappa shape index (κ3) is 25.5. The number of aliphatic carboxylic acids is 3. The fourth-order valence-corrected chi connectivity index (χ4v) is 2.82. The summed E-state index contributed by atoms with van der Waals surface area (Å²) in [5.74, 6) is -3.34. The zero-order chi connectivity index (χ0) is 23.9. The van der Waals surface area contributed by atoms with Gasteiger partial charge < -0.3 is 29.7 Å². The average molecular weight is 641 g/mol. The topological polar surface area (TPSA) is 120 Å². The first-order valence-electron chi connectivity index (χ1n) is 11.8. The second-order valence-electron chi connectivity index (χ2n) is 7.70. The Hall–Kier alpha value is -0.668. The molecule has 0 aliphatic rings. The first-order chi connectivity index (χ1) is 14.2. The Kier molecular flexibility index (Phi) is 33.2. The molecular weight excluding hydrogens is 591 g/mol. The van der Waals surface area contributed by atoms with Crippen LogP contribution in [0.2, 0.25) is 0 Å². The first-order valence-corrected chi connectivity index (χ1v) is 11.8. The van der Waals surface area contributed by atoms with E-state index in [9.17, 15) is 29.7 Å². The molecule has 6 nitrogen and oxygen atoms in total. The van der Waals surface area contributed by atoms with Gasteiger partial charge in [0, 0.05) is 17.9 Å². The van der Waals surface area contributed by atoms with Gasteiger partial charge in [0.2, 0.25) is 0 Å². The van der Waals surface area contributed by atoms with Gasteiger partial charge in [-0.15, -0.1) is 0 Å². The summed E-state index contributed by atoms with van der Waals surface area (Å²) in [6, 6.07) is 0. The van der Waals surface area contributed by atoms with Crippen molar-refractivity contribution in [2.24, 2.45) is 17.8 Å². The number of carboxylic acids is 3. The molecule has 0 spiro atoms. The summed E-state index contributed by atoms with van der Waals surface area (Å²) in [5.41, 5.74) is 0. The molecule has 0 aromatic rings. The third-order valence-electron chi connectivity index (χ3n) is 5.20. The molecule has 3 unspecified atom stereocenters. The van der Waals surface area contributed by atoms with Crippen molar-refractivity contribution in [3.63, 3.8) is 0 Å². The Labute approximate surface area is 210 Å². The standard InChI is InChI=1S/3C8H16O2.Pb.4H/c3*1-3-5-6-7(4-2)8(9)10;;;;;/h3*7H,3-6H2,1-2H3,(H,9,10);;;;;/q;;;+3;;;;/p-3. The molecule has 0 aliphatic heterocycles. The van der Waals surface area contributed by atoms with Gasteiger partial charge in [0.05, 0.1) is 0 Å². The quantitative estimate of drug-likeness (QED) is 0.250. The SMILES string of the molecule is CCCCC(CC)C(=O)[O-].CCCCC(CC)C(=O)[O-].CCCCC(CC)C(=O)[O-].[PbH4+3]. The summed E-state index contributed by atoms with van der Waals surface area (Å²) in [6.45, 7) is 11.8. The van der Waals surface area contributed by atoms with E-state index in [4.69, 9.17) is 0 Å². The fourth-order valence-electron chi connectivity index (χ4n) is 2.82. The Morgan fingerprint density at radius 2 is 0.710 bits per heavy atom. The van der Waals surface area contributed by atoms with Crippen LogP contribution in [0.15, 0.2) is 0 Å². The molecule has 185 valence electrons. The summed E-state index contributed by atoms with van der Waals surface area (Å²) in [5, 5.41) is 31.0. The van der Waals surface area contributed by atoms with E-state index in [2.05, 4.69) is 20.8 Å². The molecule has 3 radical (unpaired) electrons. The molecule has 7 heteroatoms. The fraction of sp³-hybridized carbons (Fsp3) is 0.875. The number of hydrogen-bond donors (Lipinski definition) is 0. The summed E-state index contributed by atoms with van der Waals surface area (Å²) in [4.78, 5) is 31.0. The predicted molar refractivity (Wildman–Crippen MR) is 126 cm³/mol. The van der Waals surface area contributed by atoms with Gasteiger partial charge in [0.15, 0.2) is 0 Å². The van der Waals surface area contributed by atoms with Crippen molar-refractivity contribution in [2.45, 2.75) is 119 Å². The van der Waals surface area contributed by atoms with Gasteiger partial charge in [-0.05, 0) is 56.3 Å². The molecular formula is C24H49O6Pb. The van der Waals surface area contributed by atoms with E-state index in [0.717, 1.165) is 57.8 Å². The van der Waals surface area contributed by atoms with Crippen molar-refractivity contribution >= 4 is 45.2 Å². The summed E-state index contributed by atoms with van der Waals surface area (Å²) in [7, 11) is 0. The van der Waals surface area contributed by atoms with Crippen LogP contribution in [0.5, 0.6) is 0 Å². The van der Waals surface area contributed by atoms with Crippen LogP contribution in [-0.2, 0) is 14.4 Å². The number of carboxylic acid groups (broad SMARTS) is 3. The average Bonchev–Trinajstić information content (AvgIpc) is 2.70. The number of rotatable bonds is 15. The maximum atomic E-state index is 10.3. The van der Waals surface area contributed by atoms with Gasteiger partial charge >= 0.3 is 27.3 Å². The second kappa shape index (κ2) is 27.4. The molecule has 0 heterocycles. The summed E-state index contributed by atoms with van der Waals surface area (Å²) < 4.78 is 0. The summed E-state index contributed by atoms with van der Waals surface area (Å²) in [6.07, 6.45) is 10.6. The van der Waals surface area contributed by atoms with Crippen LogP contribution in [0.1, 0.15) is 119 Å². The molecule has 3 atom stereocenters. The Balaban J connectivity index is -0.000000174. The maximum absolute atomic E-state index is 10.3. The Bertz CT molecular complexity index is 366. The van der Waals surface area contributed by atoms with Gasteiger partial charge in [-0.25, -0.2) is 0 Å². The van der Waals surface area contributed by atoms with Crippen LogP contribution in [0, 0.1) is 17.8 Å². The van der Waals surface area contributed by atoms with Crippen molar-refractivity contribution in [3.8, 4) is 0 Å². The van der Waals surface area contributed by atoms with Crippen molar-refractivity contribution < 1.29 is 29.7 Å². The van der Waals surface area contributed by atoms with E-state index in [-0.39, 0.29) is 45.1 Å². The van der Waals surface area contributed by atoms with Gasteiger partial charge in [-0.3, -0.25) is 0 Å². The molecule has 0 amide bonds. The minimum atomic E-state index is -0.893. The molecule has 0 aliphatic carbocycles. The van der Waals surface area contributed by atoms with Gasteiger partial charge in [0.1, 0.15) is 0 Å². The van der Waals surface area contributed by atoms with E-state index < -0.39 is 17.9 Å². The Morgan fingerprint density at radius 1 is 0.516 bits per heavy atom. The zero-order valence-corrected chi connectivity index (χ0v) is 20.2. The Morgan fingerprint density at radius 3 is 0.806 bits per heavy atom. The van der Waals surface area contributed by atoms with E-state index >= 15 is 0 Å². The van der Waals surface area contributed by atoms with E-state index in [1.807, 2.05) is 20.8 Å². The molecule has 0 fully saturated rings. The number of unbranched alkanes of at least 4 members (excludes halogenated alkanes) is 3. The van der Waals surface area contributed by atoms with E-state index in [0.29, 0.717) is 19.3 Å². The first kappa shape index (κ1) is 37.6. The van der Waals surface area contributed by atoms with E-state index in [1.165, 1.54) is 0 Å². The van der Waals surface area contributed by atoms with Crippen LogP contribution in [0.25, 0.3) is 0 Å². The summed E-state index contributed by atoms with van der Waals surface area (Å²) >= 11 is 0. The van der Waals surface area contributed by atoms with Crippen LogP contribution in [0.3, 0.4) is 0 Å². The van der Waals surface area contributed by atoms with Gasteiger partial charge in [0.25, 0.3) is 0 Å². The molecule has 0 rings (SSSR count). The van der Waals surface area contributed by atoms with Crippen LogP contribution in [-0.4, -0.2) is 45.2 Å². The van der Waals surface area contributed by atoms with Crippen molar-refractivity contribution in [2.75, 3.05) is 0 Å². The zero-order valence-electron chi connectivity index (χ0n) is 20.2. The van der Waals surface area contributed by atoms with E-state index in [1.54, 1.807) is 0 Å². The normalized spacial score (nSPS) is 12.6. The number of carbonyl (C=O) groups is 3. The molecule has 0 saturated heterocycles. The number of hydrogen-bond acceptors (Lipinski definition) is 6. The van der Waals surface area contributed by atoms with Crippen molar-refractivity contribution in [1.29, 1.82) is 0 Å². The monoisotopic (exact) mass is 641 g/mol.